The van der Waals surface area contributed by atoms with Gasteiger partial charge in [-0.05, 0) is 74.0 Å². The summed E-state index contributed by atoms with van der Waals surface area (Å²) in [5.41, 5.74) is 3.29. The summed E-state index contributed by atoms with van der Waals surface area (Å²) in [6.45, 7) is 13.7. The molecule has 0 aromatic heterocycles. The molecular weight excluding hydrogens is 468 g/mol. The first-order valence-corrected chi connectivity index (χ1v) is 11.1. The van der Waals surface area contributed by atoms with Crippen LogP contribution < -0.4 is 14.2 Å². The van der Waals surface area contributed by atoms with E-state index in [0.717, 1.165) is 11.6 Å². The van der Waals surface area contributed by atoms with Crippen LogP contribution in [0.4, 0.5) is 0 Å². The second-order valence-electron chi connectivity index (χ2n) is 7.97. The molecule has 3 aromatic rings. The fourth-order valence-electron chi connectivity index (χ4n) is 2.91. The Morgan fingerprint density at radius 3 is 1.70 bits per heavy atom. The summed E-state index contributed by atoms with van der Waals surface area (Å²) in [5, 5.41) is 0. The number of carbonyl (C=O) groups is 3. The normalized spacial score (nSPS) is 9.78. The molecule has 6 nitrogen and oxygen atoms in total. The van der Waals surface area contributed by atoms with E-state index < -0.39 is 17.9 Å². The van der Waals surface area contributed by atoms with E-state index in [4.69, 9.17) is 14.2 Å². The SMILES string of the molecule is C=CC(=O)Oc1cc(C#Cc2ccc(OC(=O)C(=C)C)cc2)ccc1-c1ccc(OC(=O)C(=C)C)cc1. The zero-order chi connectivity index (χ0) is 26.9. The zero-order valence-electron chi connectivity index (χ0n) is 20.5. The van der Waals surface area contributed by atoms with Crippen molar-refractivity contribution in [2.75, 3.05) is 0 Å². The minimum atomic E-state index is -0.613. The molecule has 0 aliphatic heterocycles. The molecule has 0 bridgehead atoms. The van der Waals surface area contributed by atoms with Gasteiger partial charge in [-0.25, -0.2) is 14.4 Å². The van der Waals surface area contributed by atoms with E-state index in [-0.39, 0.29) is 0 Å². The molecule has 0 aliphatic rings. The van der Waals surface area contributed by atoms with Crippen LogP contribution in [-0.4, -0.2) is 17.9 Å². The lowest BCUT2D eigenvalue weighted by molar-refractivity contribution is -0.130. The molecule has 37 heavy (non-hydrogen) atoms. The van der Waals surface area contributed by atoms with E-state index in [0.29, 0.717) is 45.1 Å². The molecule has 184 valence electrons. The van der Waals surface area contributed by atoms with Crippen molar-refractivity contribution in [3.05, 3.63) is 115 Å². The van der Waals surface area contributed by atoms with E-state index in [1.165, 1.54) is 0 Å². The van der Waals surface area contributed by atoms with Gasteiger partial charge in [-0.3, -0.25) is 0 Å². The van der Waals surface area contributed by atoms with Crippen LogP contribution in [0.5, 0.6) is 17.2 Å². The average Bonchev–Trinajstić information content (AvgIpc) is 2.88. The fraction of sp³-hybridized carbons (Fsp3) is 0.0645. The Balaban J connectivity index is 1.85. The third kappa shape index (κ3) is 7.41. The van der Waals surface area contributed by atoms with Crippen LogP contribution in [0.2, 0.25) is 0 Å². The first kappa shape index (κ1) is 26.5. The van der Waals surface area contributed by atoms with Gasteiger partial charge < -0.3 is 14.2 Å². The first-order valence-electron chi connectivity index (χ1n) is 11.1. The van der Waals surface area contributed by atoms with Gasteiger partial charge in [-0.15, -0.1) is 0 Å². The van der Waals surface area contributed by atoms with Gasteiger partial charge in [0.05, 0.1) is 0 Å². The Morgan fingerprint density at radius 2 is 1.19 bits per heavy atom. The molecule has 0 atom stereocenters. The number of esters is 3. The predicted molar refractivity (Wildman–Crippen MR) is 141 cm³/mol. The molecule has 0 amide bonds. The third-order valence-corrected chi connectivity index (χ3v) is 4.85. The Labute approximate surface area is 215 Å². The summed E-state index contributed by atoms with van der Waals surface area (Å²) in [4.78, 5) is 35.3. The summed E-state index contributed by atoms with van der Waals surface area (Å²) < 4.78 is 15.9. The van der Waals surface area contributed by atoms with Gasteiger partial charge >= 0.3 is 17.9 Å². The van der Waals surface area contributed by atoms with Gasteiger partial charge in [0.25, 0.3) is 0 Å². The van der Waals surface area contributed by atoms with Crippen molar-refractivity contribution in [2.45, 2.75) is 13.8 Å². The van der Waals surface area contributed by atoms with E-state index in [9.17, 15) is 14.4 Å². The monoisotopic (exact) mass is 492 g/mol. The Bertz CT molecular complexity index is 1450. The standard InChI is InChI=1S/C31H24O6/c1-6-29(32)37-28-19-23(8-7-22-9-14-25(15-10-22)35-30(33)20(2)3)11-18-27(28)24-12-16-26(17-13-24)36-31(34)21(4)5/h6,9-19H,1-2,4H2,3,5H3. The smallest absolute Gasteiger partial charge is 0.338 e. The number of benzene rings is 3. The van der Waals surface area contributed by atoms with Crippen molar-refractivity contribution >= 4 is 17.9 Å². The van der Waals surface area contributed by atoms with Crippen molar-refractivity contribution < 1.29 is 28.6 Å². The summed E-state index contributed by atoms with van der Waals surface area (Å²) in [6.07, 6.45) is 1.07. The Hall–Kier alpha value is -5.15. The fourth-order valence-corrected chi connectivity index (χ4v) is 2.91. The summed E-state index contributed by atoms with van der Waals surface area (Å²) in [5.74, 6) is 5.49. The lowest BCUT2D eigenvalue weighted by Crippen LogP contribution is -2.08. The van der Waals surface area contributed by atoms with Crippen LogP contribution in [0.3, 0.4) is 0 Å². The number of hydrogen-bond acceptors (Lipinski definition) is 6. The number of carbonyl (C=O) groups excluding carboxylic acids is 3. The summed E-state index contributed by atoms with van der Waals surface area (Å²) in [6, 6.07) is 18.7. The molecule has 0 spiro atoms. The van der Waals surface area contributed by atoms with Gasteiger partial charge in [0.15, 0.2) is 0 Å². The summed E-state index contributed by atoms with van der Waals surface area (Å²) in [7, 11) is 0. The highest BCUT2D eigenvalue weighted by Crippen LogP contribution is 2.32. The molecule has 0 N–H and O–H groups in total. The van der Waals surface area contributed by atoms with Crippen molar-refractivity contribution in [2.24, 2.45) is 0 Å². The maximum absolute atomic E-state index is 12.0. The number of hydrogen-bond donors (Lipinski definition) is 0. The van der Waals surface area contributed by atoms with E-state index >= 15 is 0 Å². The van der Waals surface area contributed by atoms with Crippen LogP contribution in [-0.2, 0) is 14.4 Å². The maximum atomic E-state index is 12.0. The molecule has 0 aliphatic carbocycles. The first-order chi connectivity index (χ1) is 17.7. The Kier molecular flexibility index (Phi) is 8.58. The Morgan fingerprint density at radius 1 is 0.703 bits per heavy atom. The van der Waals surface area contributed by atoms with Crippen LogP contribution in [0.25, 0.3) is 11.1 Å². The highest BCUT2D eigenvalue weighted by Gasteiger charge is 2.12. The molecule has 0 radical (unpaired) electrons. The molecule has 3 rings (SSSR count). The molecular formula is C31H24O6. The van der Waals surface area contributed by atoms with Gasteiger partial charge in [0.1, 0.15) is 17.2 Å². The van der Waals surface area contributed by atoms with Crippen LogP contribution in [0.15, 0.2) is 104 Å². The largest absolute Gasteiger partial charge is 0.423 e. The molecule has 0 heterocycles. The molecule has 6 heteroatoms. The average molecular weight is 493 g/mol. The molecule has 0 saturated heterocycles. The molecule has 3 aromatic carbocycles. The molecule has 0 unspecified atom stereocenters. The van der Waals surface area contributed by atoms with Gasteiger partial charge in [-0.1, -0.05) is 43.7 Å². The number of ether oxygens (including phenoxy) is 3. The van der Waals surface area contributed by atoms with Crippen LogP contribution in [0.1, 0.15) is 25.0 Å². The molecule has 0 fully saturated rings. The molecule has 0 saturated carbocycles. The van der Waals surface area contributed by atoms with Crippen molar-refractivity contribution in [1.29, 1.82) is 0 Å². The predicted octanol–water partition coefficient (Wildman–Crippen LogP) is 5.81. The minimum Gasteiger partial charge on any atom is -0.423 e. The summed E-state index contributed by atoms with van der Waals surface area (Å²) >= 11 is 0. The van der Waals surface area contributed by atoms with Crippen molar-refractivity contribution in [3.63, 3.8) is 0 Å². The van der Waals surface area contributed by atoms with Crippen LogP contribution in [0, 0.1) is 11.8 Å². The second-order valence-corrected chi connectivity index (χ2v) is 7.97. The van der Waals surface area contributed by atoms with Crippen molar-refractivity contribution in [1.82, 2.24) is 0 Å². The second kappa shape index (κ2) is 12.0. The number of rotatable bonds is 7. The lowest BCUT2D eigenvalue weighted by atomic mass is 10.0. The third-order valence-electron chi connectivity index (χ3n) is 4.85. The quantitative estimate of drug-likeness (QED) is 0.179. The van der Waals surface area contributed by atoms with E-state index in [1.807, 2.05) is 0 Å². The van der Waals surface area contributed by atoms with E-state index in [2.05, 4.69) is 31.6 Å². The highest BCUT2D eigenvalue weighted by molar-refractivity contribution is 5.89. The zero-order valence-corrected chi connectivity index (χ0v) is 20.5. The van der Waals surface area contributed by atoms with Gasteiger partial charge in [0.2, 0.25) is 0 Å². The minimum absolute atomic E-state index is 0.293. The van der Waals surface area contributed by atoms with Gasteiger partial charge in [-0.2, -0.15) is 0 Å². The van der Waals surface area contributed by atoms with Crippen LogP contribution >= 0.6 is 0 Å². The maximum Gasteiger partial charge on any atom is 0.338 e. The van der Waals surface area contributed by atoms with Gasteiger partial charge in [0, 0.05) is 33.9 Å². The lowest BCUT2D eigenvalue weighted by Gasteiger charge is -2.11. The topological polar surface area (TPSA) is 78.9 Å². The van der Waals surface area contributed by atoms with Crippen molar-refractivity contribution in [3.8, 4) is 40.2 Å². The van der Waals surface area contributed by atoms with E-state index in [1.54, 1.807) is 80.6 Å². The highest BCUT2D eigenvalue weighted by atomic mass is 16.5.